The Morgan fingerprint density at radius 1 is 1.17 bits per heavy atom. The fraction of sp³-hybridized carbons (Fsp3) is 0.947. The summed E-state index contributed by atoms with van der Waals surface area (Å²) in [6.45, 7) is 9.72. The Balaban J connectivity index is 1.89. The van der Waals surface area contributed by atoms with Crippen LogP contribution >= 0.6 is 0 Å². The van der Waals surface area contributed by atoms with Crippen molar-refractivity contribution < 1.29 is 9.53 Å². The molecule has 0 bridgehead atoms. The monoisotopic (exact) mass is 339 g/mol. The van der Waals surface area contributed by atoms with Crippen molar-refractivity contribution in [3.8, 4) is 0 Å². The molecule has 0 aromatic rings. The van der Waals surface area contributed by atoms with Crippen LogP contribution in [-0.2, 0) is 4.74 Å². The van der Waals surface area contributed by atoms with Gasteiger partial charge in [-0.25, -0.2) is 4.79 Å². The van der Waals surface area contributed by atoms with Gasteiger partial charge in [0, 0.05) is 31.7 Å². The molecule has 1 heterocycles. The molecular weight excluding hydrogens is 302 g/mol. The smallest absolute Gasteiger partial charge is 0.410 e. The molecule has 2 aliphatic rings. The van der Waals surface area contributed by atoms with Crippen LogP contribution in [0.4, 0.5) is 4.79 Å². The molecule has 24 heavy (non-hydrogen) atoms. The quantitative estimate of drug-likeness (QED) is 0.781. The lowest BCUT2D eigenvalue weighted by Crippen LogP contribution is -2.47. The predicted octanol–water partition coefficient (Wildman–Crippen LogP) is 3.24. The van der Waals surface area contributed by atoms with Gasteiger partial charge in [-0.15, -0.1) is 0 Å². The Hall–Kier alpha value is -0.810. The number of likely N-dealkylation sites (tertiary alicyclic amines) is 1. The molecule has 1 atom stereocenters. The van der Waals surface area contributed by atoms with Crippen molar-refractivity contribution in [3.63, 3.8) is 0 Å². The zero-order chi connectivity index (χ0) is 17.6. The minimum atomic E-state index is -0.429. The molecule has 5 heteroatoms. The molecule has 2 rings (SSSR count). The summed E-state index contributed by atoms with van der Waals surface area (Å²) in [5.41, 5.74) is -0.429. The highest BCUT2D eigenvalue weighted by atomic mass is 16.6. The van der Waals surface area contributed by atoms with E-state index >= 15 is 0 Å². The molecule has 1 saturated carbocycles. The van der Waals surface area contributed by atoms with Crippen LogP contribution in [0.15, 0.2) is 0 Å². The van der Waals surface area contributed by atoms with Crippen molar-refractivity contribution in [2.45, 2.75) is 83.4 Å². The van der Waals surface area contributed by atoms with Crippen LogP contribution in [0.25, 0.3) is 0 Å². The number of carbonyl (C=O) groups excluding carboxylic acids is 1. The average molecular weight is 340 g/mol. The standard InChI is InChI=1S/C19H37N3O2/c1-19(2,3)24-18(23)22(17-9-7-5-6-8-10-17)14-12-20-16-11-13-21(4)15-16/h16-17,20H,5-15H2,1-4H3. The highest BCUT2D eigenvalue weighted by Gasteiger charge is 2.29. The van der Waals surface area contributed by atoms with Crippen molar-refractivity contribution in [1.29, 1.82) is 0 Å². The summed E-state index contributed by atoms with van der Waals surface area (Å²) >= 11 is 0. The number of amides is 1. The molecule has 1 saturated heterocycles. The molecule has 0 aromatic carbocycles. The Bertz CT molecular complexity index is 387. The fourth-order valence-electron chi connectivity index (χ4n) is 3.80. The van der Waals surface area contributed by atoms with Gasteiger partial charge in [-0.2, -0.15) is 0 Å². The summed E-state index contributed by atoms with van der Waals surface area (Å²) in [6.07, 6.45) is 8.34. The maximum Gasteiger partial charge on any atom is 0.410 e. The maximum absolute atomic E-state index is 12.7. The summed E-state index contributed by atoms with van der Waals surface area (Å²) in [5, 5.41) is 3.62. The first-order valence-corrected chi connectivity index (χ1v) is 9.77. The summed E-state index contributed by atoms with van der Waals surface area (Å²) < 4.78 is 5.68. The molecule has 1 aliphatic heterocycles. The van der Waals surface area contributed by atoms with E-state index in [0.29, 0.717) is 12.1 Å². The normalized spacial score (nSPS) is 23.9. The zero-order valence-corrected chi connectivity index (χ0v) is 16.1. The van der Waals surface area contributed by atoms with Crippen LogP contribution in [0.3, 0.4) is 0 Å². The van der Waals surface area contributed by atoms with Crippen LogP contribution in [0.5, 0.6) is 0 Å². The van der Waals surface area contributed by atoms with E-state index in [-0.39, 0.29) is 6.09 Å². The Morgan fingerprint density at radius 2 is 1.83 bits per heavy atom. The van der Waals surface area contributed by atoms with E-state index in [2.05, 4.69) is 17.3 Å². The molecule has 1 unspecified atom stereocenters. The summed E-state index contributed by atoms with van der Waals surface area (Å²) in [6, 6.07) is 0.903. The lowest BCUT2D eigenvalue weighted by Gasteiger charge is -2.33. The van der Waals surface area contributed by atoms with E-state index in [1.807, 2.05) is 25.7 Å². The van der Waals surface area contributed by atoms with Crippen LogP contribution in [-0.4, -0.2) is 66.8 Å². The van der Waals surface area contributed by atoms with Crippen LogP contribution in [0.2, 0.25) is 0 Å². The number of carbonyl (C=O) groups is 1. The number of nitrogens with zero attached hydrogens (tertiary/aromatic N) is 2. The summed E-state index contributed by atoms with van der Waals surface area (Å²) in [5.74, 6) is 0. The topological polar surface area (TPSA) is 44.8 Å². The lowest BCUT2D eigenvalue weighted by molar-refractivity contribution is 0.0146. The van der Waals surface area contributed by atoms with Gasteiger partial charge in [0.25, 0.3) is 0 Å². The largest absolute Gasteiger partial charge is 0.444 e. The summed E-state index contributed by atoms with van der Waals surface area (Å²) in [7, 11) is 2.17. The molecule has 140 valence electrons. The minimum absolute atomic E-state index is 0.139. The number of rotatable bonds is 5. The number of nitrogens with one attached hydrogen (secondary N) is 1. The van der Waals surface area contributed by atoms with Crippen molar-refractivity contribution in [3.05, 3.63) is 0 Å². The first kappa shape index (κ1) is 19.5. The minimum Gasteiger partial charge on any atom is -0.444 e. The van der Waals surface area contributed by atoms with Crippen LogP contribution < -0.4 is 5.32 Å². The van der Waals surface area contributed by atoms with Crippen molar-refractivity contribution in [1.82, 2.24) is 15.1 Å². The van der Waals surface area contributed by atoms with Crippen LogP contribution in [0, 0.1) is 0 Å². The highest BCUT2D eigenvalue weighted by Crippen LogP contribution is 2.23. The van der Waals surface area contributed by atoms with Crippen molar-refractivity contribution >= 4 is 6.09 Å². The first-order chi connectivity index (χ1) is 11.3. The SMILES string of the molecule is CN1CCC(NCCN(C(=O)OC(C)(C)C)C2CCCCCC2)C1. The molecule has 1 aliphatic carbocycles. The van der Waals surface area contributed by atoms with E-state index in [9.17, 15) is 4.79 Å². The first-order valence-electron chi connectivity index (χ1n) is 9.77. The van der Waals surface area contributed by atoms with E-state index in [4.69, 9.17) is 4.74 Å². The molecular formula is C19H37N3O2. The molecule has 0 radical (unpaired) electrons. The fourth-order valence-corrected chi connectivity index (χ4v) is 3.80. The molecule has 1 amide bonds. The second kappa shape index (κ2) is 9.04. The van der Waals surface area contributed by atoms with Gasteiger partial charge in [-0.1, -0.05) is 25.7 Å². The Kier molecular flexibility index (Phi) is 7.35. The van der Waals surface area contributed by atoms with E-state index in [0.717, 1.165) is 39.0 Å². The molecule has 5 nitrogen and oxygen atoms in total. The summed E-state index contributed by atoms with van der Waals surface area (Å²) in [4.78, 5) is 17.1. The van der Waals surface area contributed by atoms with Crippen molar-refractivity contribution in [2.75, 3.05) is 33.2 Å². The van der Waals surface area contributed by atoms with Crippen LogP contribution in [0.1, 0.15) is 65.7 Å². The molecule has 1 N–H and O–H groups in total. The molecule has 0 spiro atoms. The van der Waals surface area contributed by atoms with Crippen molar-refractivity contribution in [2.24, 2.45) is 0 Å². The van der Waals surface area contributed by atoms with Gasteiger partial charge in [0.1, 0.15) is 5.60 Å². The third-order valence-electron chi connectivity index (χ3n) is 5.07. The second-order valence-electron chi connectivity index (χ2n) is 8.52. The van der Waals surface area contributed by atoms with E-state index < -0.39 is 5.60 Å². The third kappa shape index (κ3) is 6.60. The van der Waals surface area contributed by atoms with Gasteiger partial charge in [0.15, 0.2) is 0 Å². The number of hydrogen-bond acceptors (Lipinski definition) is 4. The molecule has 0 aromatic heterocycles. The number of hydrogen-bond donors (Lipinski definition) is 1. The number of ether oxygens (including phenoxy) is 1. The Labute approximate surface area is 148 Å². The zero-order valence-electron chi connectivity index (χ0n) is 16.1. The van der Waals surface area contributed by atoms with Gasteiger partial charge in [0.2, 0.25) is 0 Å². The highest BCUT2D eigenvalue weighted by molar-refractivity contribution is 5.68. The van der Waals surface area contributed by atoms with E-state index in [1.54, 1.807) is 0 Å². The third-order valence-corrected chi connectivity index (χ3v) is 5.07. The van der Waals surface area contributed by atoms with Gasteiger partial charge in [0.05, 0.1) is 0 Å². The number of likely N-dealkylation sites (N-methyl/N-ethyl adjacent to an activating group) is 1. The van der Waals surface area contributed by atoms with Gasteiger partial charge < -0.3 is 19.9 Å². The lowest BCUT2D eigenvalue weighted by atomic mass is 10.1. The predicted molar refractivity (Wildman–Crippen MR) is 98.3 cm³/mol. The van der Waals surface area contributed by atoms with E-state index in [1.165, 1.54) is 32.1 Å². The Morgan fingerprint density at radius 3 is 2.38 bits per heavy atom. The average Bonchev–Trinajstić information content (AvgIpc) is 2.73. The molecule has 2 fully saturated rings. The second-order valence-corrected chi connectivity index (χ2v) is 8.52. The van der Waals surface area contributed by atoms with Gasteiger partial charge in [-0.3, -0.25) is 0 Å². The van der Waals surface area contributed by atoms with Gasteiger partial charge >= 0.3 is 6.09 Å². The maximum atomic E-state index is 12.7. The van der Waals surface area contributed by atoms with Gasteiger partial charge in [-0.05, 0) is 53.6 Å².